The number of ether oxygens (including phenoxy) is 2. The normalized spacial score (nSPS) is 14.2. The van der Waals surface area contributed by atoms with Crippen LogP contribution in [0.2, 0.25) is 0 Å². The Morgan fingerprint density at radius 2 is 2.50 bits per heavy atom. The summed E-state index contributed by atoms with van der Waals surface area (Å²) in [5.41, 5.74) is 0. The molecule has 1 aromatic rings. The van der Waals surface area contributed by atoms with Crippen LogP contribution in [0.1, 0.15) is 5.76 Å². The van der Waals surface area contributed by atoms with Crippen molar-refractivity contribution in [1.82, 2.24) is 5.16 Å². The van der Waals surface area contributed by atoms with E-state index in [2.05, 4.69) is 10.5 Å². The molecule has 14 heavy (non-hydrogen) atoms. The van der Waals surface area contributed by atoms with Gasteiger partial charge in [-0.2, -0.15) is 0 Å². The number of hydrogen-bond donors (Lipinski definition) is 1. The molecule has 0 radical (unpaired) electrons. The van der Waals surface area contributed by atoms with E-state index in [1.807, 2.05) is 0 Å². The first-order valence-corrected chi connectivity index (χ1v) is 3.95. The summed E-state index contributed by atoms with van der Waals surface area (Å²) >= 11 is 0. The van der Waals surface area contributed by atoms with Gasteiger partial charge in [0, 0.05) is 6.07 Å². The number of nitrogens with zero attached hydrogens (tertiary/aromatic N) is 1. The minimum atomic E-state index is -0.407. The highest BCUT2D eigenvalue weighted by Crippen LogP contribution is 2.11. The predicted octanol–water partition coefficient (Wildman–Crippen LogP) is 0.767. The summed E-state index contributed by atoms with van der Waals surface area (Å²) in [5.74, 6) is 0.697. The molecule has 1 amide bonds. The maximum Gasteiger partial charge on any atom is 0.295 e. The van der Waals surface area contributed by atoms with Crippen LogP contribution in [0.3, 0.4) is 0 Å². The van der Waals surface area contributed by atoms with E-state index >= 15 is 0 Å². The molecule has 0 atom stereocenters. The summed E-state index contributed by atoms with van der Waals surface area (Å²) in [5, 5.41) is 6.08. The summed E-state index contributed by atoms with van der Waals surface area (Å²) in [6, 6.07) is 1.61. The zero-order valence-electron chi connectivity index (χ0n) is 7.44. The Kier molecular flexibility index (Phi) is 2.10. The van der Waals surface area contributed by atoms with Crippen molar-refractivity contribution >= 4 is 11.7 Å². The lowest BCUT2D eigenvalue weighted by Crippen LogP contribution is -2.14. The lowest BCUT2D eigenvalue weighted by molar-refractivity contribution is -0.116. The lowest BCUT2D eigenvalue weighted by Gasteiger charge is -1.99. The van der Waals surface area contributed by atoms with Crippen LogP contribution in [-0.2, 0) is 14.3 Å². The van der Waals surface area contributed by atoms with Crippen molar-refractivity contribution in [3.8, 4) is 0 Å². The van der Waals surface area contributed by atoms with Gasteiger partial charge in [0.15, 0.2) is 5.82 Å². The molecule has 1 aliphatic heterocycles. The number of hydrogen-bond acceptors (Lipinski definition) is 5. The molecule has 0 aromatic carbocycles. The zero-order valence-corrected chi connectivity index (χ0v) is 7.44. The van der Waals surface area contributed by atoms with Crippen LogP contribution in [0, 0.1) is 6.92 Å². The highest BCUT2D eigenvalue weighted by Gasteiger charge is 2.17. The van der Waals surface area contributed by atoms with E-state index < -0.39 is 5.91 Å². The number of nitrogens with one attached hydrogen (secondary N) is 1. The molecule has 2 heterocycles. The molecule has 1 aliphatic rings. The van der Waals surface area contributed by atoms with Gasteiger partial charge < -0.3 is 19.3 Å². The van der Waals surface area contributed by atoms with Crippen LogP contribution >= 0.6 is 0 Å². The molecule has 0 fully saturated rings. The number of rotatable bonds is 2. The monoisotopic (exact) mass is 196 g/mol. The Balaban J connectivity index is 2.01. The maximum atomic E-state index is 11.4. The fourth-order valence-electron chi connectivity index (χ4n) is 0.964. The van der Waals surface area contributed by atoms with Crippen LogP contribution in [-0.4, -0.2) is 17.9 Å². The summed E-state index contributed by atoms with van der Waals surface area (Å²) in [6.45, 7) is 1.80. The molecular weight excluding hydrogens is 188 g/mol. The number of aryl methyl sites for hydroxylation is 1. The third-order valence-electron chi connectivity index (χ3n) is 1.57. The summed E-state index contributed by atoms with van der Waals surface area (Å²) in [7, 11) is 0. The molecule has 6 heteroatoms. The van der Waals surface area contributed by atoms with E-state index in [0.29, 0.717) is 11.6 Å². The van der Waals surface area contributed by atoms with Gasteiger partial charge in [-0.3, -0.25) is 4.79 Å². The minimum absolute atomic E-state index is 0.0700. The van der Waals surface area contributed by atoms with Crippen LogP contribution in [0.15, 0.2) is 22.6 Å². The van der Waals surface area contributed by atoms with Crippen molar-refractivity contribution in [3.05, 3.63) is 23.8 Å². The van der Waals surface area contributed by atoms with Gasteiger partial charge in [0.2, 0.25) is 12.6 Å². The van der Waals surface area contributed by atoms with Gasteiger partial charge in [0.1, 0.15) is 12.0 Å². The van der Waals surface area contributed by atoms with Gasteiger partial charge in [0.25, 0.3) is 5.91 Å². The third-order valence-corrected chi connectivity index (χ3v) is 1.57. The Morgan fingerprint density at radius 1 is 1.64 bits per heavy atom. The summed E-state index contributed by atoms with van der Waals surface area (Å²) in [4.78, 5) is 11.4. The molecule has 0 spiro atoms. The molecule has 2 rings (SSSR count). The molecular formula is C8H8N2O4. The van der Waals surface area contributed by atoms with E-state index in [0.717, 1.165) is 0 Å². The fourth-order valence-corrected chi connectivity index (χ4v) is 0.964. The second kappa shape index (κ2) is 3.41. The number of aromatic nitrogens is 1. The van der Waals surface area contributed by atoms with Crippen molar-refractivity contribution in [2.45, 2.75) is 6.92 Å². The zero-order chi connectivity index (χ0) is 9.97. The van der Waals surface area contributed by atoms with Crippen molar-refractivity contribution < 1.29 is 18.8 Å². The van der Waals surface area contributed by atoms with Gasteiger partial charge in [-0.25, -0.2) is 0 Å². The number of carbonyl (C=O) groups is 1. The van der Waals surface area contributed by atoms with Gasteiger partial charge in [-0.05, 0) is 6.92 Å². The van der Waals surface area contributed by atoms with Crippen LogP contribution < -0.4 is 5.32 Å². The van der Waals surface area contributed by atoms with E-state index in [-0.39, 0.29) is 12.6 Å². The molecule has 0 bridgehead atoms. The average molecular weight is 196 g/mol. The van der Waals surface area contributed by atoms with Gasteiger partial charge in [-0.1, -0.05) is 5.16 Å². The topological polar surface area (TPSA) is 73.6 Å². The van der Waals surface area contributed by atoms with Crippen LogP contribution in [0.25, 0.3) is 0 Å². The number of carbonyl (C=O) groups excluding carboxylic acids is 1. The third kappa shape index (κ3) is 1.68. The van der Waals surface area contributed by atoms with Gasteiger partial charge >= 0.3 is 0 Å². The molecule has 0 saturated heterocycles. The molecule has 1 N–H and O–H groups in total. The highest BCUT2D eigenvalue weighted by atomic mass is 16.7. The second-order valence-corrected chi connectivity index (χ2v) is 2.69. The smallest absolute Gasteiger partial charge is 0.295 e. The molecule has 0 saturated carbocycles. The first-order valence-electron chi connectivity index (χ1n) is 3.95. The van der Waals surface area contributed by atoms with E-state index in [1.165, 1.54) is 6.26 Å². The van der Waals surface area contributed by atoms with Crippen molar-refractivity contribution in [3.63, 3.8) is 0 Å². The Labute approximate surface area is 79.5 Å². The predicted molar refractivity (Wildman–Crippen MR) is 45.0 cm³/mol. The van der Waals surface area contributed by atoms with Crippen molar-refractivity contribution in [1.29, 1.82) is 0 Å². The average Bonchev–Trinajstić information content (AvgIpc) is 2.75. The van der Waals surface area contributed by atoms with E-state index in [1.54, 1.807) is 13.0 Å². The highest BCUT2D eigenvalue weighted by molar-refractivity contribution is 6.01. The lowest BCUT2D eigenvalue weighted by atomic mass is 10.4. The molecule has 0 unspecified atom stereocenters. The fraction of sp³-hybridized carbons (Fsp3) is 0.250. The van der Waals surface area contributed by atoms with Crippen molar-refractivity contribution in [2.24, 2.45) is 0 Å². The van der Waals surface area contributed by atoms with E-state index in [9.17, 15) is 4.79 Å². The van der Waals surface area contributed by atoms with E-state index in [4.69, 9.17) is 14.0 Å². The first-order chi connectivity index (χ1) is 6.75. The number of anilines is 1. The quantitative estimate of drug-likeness (QED) is 0.756. The second-order valence-electron chi connectivity index (χ2n) is 2.69. The maximum absolute atomic E-state index is 11.4. The summed E-state index contributed by atoms with van der Waals surface area (Å²) in [6.07, 6.45) is 1.25. The van der Waals surface area contributed by atoms with Gasteiger partial charge in [-0.15, -0.1) is 0 Å². The first kappa shape index (κ1) is 8.61. The molecule has 1 aromatic heterocycles. The Hall–Kier alpha value is -1.98. The largest absolute Gasteiger partial charge is 0.461 e. The molecule has 6 nitrogen and oxygen atoms in total. The SMILES string of the molecule is Cc1cc(NC(=O)C2=COCO2)no1. The molecule has 0 aliphatic carbocycles. The number of amides is 1. The van der Waals surface area contributed by atoms with Gasteiger partial charge in [0.05, 0.1) is 0 Å². The van der Waals surface area contributed by atoms with Crippen LogP contribution in [0.4, 0.5) is 5.82 Å². The Bertz CT molecular complexity index is 382. The van der Waals surface area contributed by atoms with Crippen molar-refractivity contribution in [2.75, 3.05) is 12.1 Å². The minimum Gasteiger partial charge on any atom is -0.461 e. The summed E-state index contributed by atoms with van der Waals surface area (Å²) < 4.78 is 14.4. The Morgan fingerprint density at radius 3 is 3.07 bits per heavy atom. The van der Waals surface area contributed by atoms with Crippen LogP contribution in [0.5, 0.6) is 0 Å². The molecule has 74 valence electrons. The standard InChI is InChI=1S/C8H8N2O4/c1-5-2-7(10-14-5)9-8(11)6-3-12-4-13-6/h2-3H,4H2,1H3,(H,9,10,11).